The number of carbonyl (C=O) groups is 3. The second-order valence-corrected chi connectivity index (χ2v) is 17.0. The van der Waals surface area contributed by atoms with E-state index in [-0.39, 0.29) is 44.6 Å². The molecule has 2 saturated heterocycles. The number of aliphatic hydroxyl groups excluding tert-OH is 1. The topological polar surface area (TPSA) is 178 Å². The Morgan fingerprint density at radius 2 is 1.71 bits per heavy atom. The number of amides is 2. The third kappa shape index (κ3) is 14.4. The highest BCUT2D eigenvalue weighted by atomic mass is 31.2. The maximum atomic E-state index is 13.8. The van der Waals surface area contributed by atoms with Crippen LogP contribution in [0.5, 0.6) is 5.75 Å². The van der Waals surface area contributed by atoms with Crippen molar-refractivity contribution < 1.29 is 61.5 Å². The first-order valence-electron chi connectivity index (χ1n) is 18.7. The van der Waals surface area contributed by atoms with Crippen molar-refractivity contribution in [1.82, 2.24) is 10.2 Å². The second-order valence-electron chi connectivity index (χ2n) is 15.1. The van der Waals surface area contributed by atoms with Gasteiger partial charge in [0.25, 0.3) is 0 Å². The Bertz CT molecular complexity index is 1570. The zero-order valence-corrected chi connectivity index (χ0v) is 33.7. The summed E-state index contributed by atoms with van der Waals surface area (Å²) in [4.78, 5) is 40.1. The molecule has 0 bridgehead atoms. The van der Waals surface area contributed by atoms with Gasteiger partial charge >= 0.3 is 25.8 Å². The number of rotatable bonds is 19. The van der Waals surface area contributed by atoms with Gasteiger partial charge in [-0.05, 0) is 76.6 Å². The first-order valence-corrected chi connectivity index (χ1v) is 20.5. The van der Waals surface area contributed by atoms with E-state index in [2.05, 4.69) is 5.32 Å². The summed E-state index contributed by atoms with van der Waals surface area (Å²) < 4.78 is 58.5. The summed E-state index contributed by atoms with van der Waals surface area (Å²) in [6, 6.07) is 14.9. The van der Waals surface area contributed by atoms with E-state index < -0.39 is 68.3 Å². The van der Waals surface area contributed by atoms with Crippen LogP contribution in [-0.2, 0) is 55.1 Å². The van der Waals surface area contributed by atoms with E-state index in [1.807, 2.05) is 32.0 Å². The third-order valence-electron chi connectivity index (χ3n) is 8.63. The molecule has 2 aliphatic heterocycles. The summed E-state index contributed by atoms with van der Waals surface area (Å²) in [7, 11) is -3.99. The minimum Gasteiger partial charge on any atom is -0.481 e. The first kappa shape index (κ1) is 44.0. The number of aliphatic hydroxyl groups is 1. The molecule has 16 heteroatoms. The SMILES string of the molecule is CCOC(=O)[C@@H](C)OP(=O)(COc1ccc(C[C@H](NC(=O)O[C@H]2CO[C@H]3OCC[C@H]32)[C@H](O)CN(CC(C)C)C(=O)OC(C)(C)C)cc1)OCc1ccccc1. The van der Waals surface area contributed by atoms with Gasteiger partial charge < -0.3 is 48.3 Å². The number of ether oxygens (including phenoxy) is 6. The molecule has 306 valence electrons. The van der Waals surface area contributed by atoms with Crippen LogP contribution in [0.15, 0.2) is 54.6 Å². The zero-order valence-electron chi connectivity index (χ0n) is 32.8. The molecule has 0 spiro atoms. The molecule has 0 aliphatic carbocycles. The molecule has 0 aromatic heterocycles. The van der Waals surface area contributed by atoms with Gasteiger partial charge in [0, 0.05) is 6.54 Å². The monoisotopic (exact) mass is 792 g/mol. The van der Waals surface area contributed by atoms with Crippen LogP contribution in [0.4, 0.5) is 9.59 Å². The van der Waals surface area contributed by atoms with Crippen LogP contribution in [0.2, 0.25) is 0 Å². The average Bonchev–Trinajstić information content (AvgIpc) is 3.75. The van der Waals surface area contributed by atoms with Crippen molar-refractivity contribution in [3.05, 3.63) is 65.7 Å². The molecule has 2 amide bonds. The highest BCUT2D eigenvalue weighted by Crippen LogP contribution is 2.50. The number of hydrogen-bond donors (Lipinski definition) is 2. The lowest BCUT2D eigenvalue weighted by atomic mass is 10.0. The van der Waals surface area contributed by atoms with E-state index in [0.29, 0.717) is 30.9 Å². The van der Waals surface area contributed by atoms with Crippen LogP contribution < -0.4 is 10.1 Å². The van der Waals surface area contributed by atoms with Gasteiger partial charge in [-0.25, -0.2) is 14.4 Å². The van der Waals surface area contributed by atoms with E-state index >= 15 is 0 Å². The first-order chi connectivity index (χ1) is 26.0. The van der Waals surface area contributed by atoms with Gasteiger partial charge in [-0.3, -0.25) is 9.09 Å². The van der Waals surface area contributed by atoms with Crippen molar-refractivity contribution in [3.63, 3.8) is 0 Å². The number of fused-ring (bicyclic) bond motifs is 1. The maximum Gasteiger partial charge on any atom is 0.410 e. The van der Waals surface area contributed by atoms with E-state index in [4.69, 9.17) is 37.5 Å². The van der Waals surface area contributed by atoms with Crippen molar-refractivity contribution in [1.29, 1.82) is 0 Å². The lowest BCUT2D eigenvalue weighted by Gasteiger charge is -2.32. The van der Waals surface area contributed by atoms with Crippen LogP contribution >= 0.6 is 7.60 Å². The smallest absolute Gasteiger partial charge is 0.410 e. The standard InChI is InChI=1S/C39H57N2O13P/c1-8-47-35(43)27(4)54-55(46,51-23-29-12-10-9-11-13-29)25-50-30-16-14-28(15-17-30)20-32(40-37(44)52-34-24-49-36-31(34)18-19-48-36)33(42)22-41(21-26(2)3)38(45)53-39(5,6)7/h9-17,26-27,31-34,36,42H,8,18-25H2,1-7H3,(H,40,44)/t27-,31+,32+,33-,34+,36-,55?/m1/s1. The molecule has 55 heavy (non-hydrogen) atoms. The van der Waals surface area contributed by atoms with E-state index in [1.54, 1.807) is 64.1 Å². The molecule has 2 fully saturated rings. The van der Waals surface area contributed by atoms with Crippen molar-refractivity contribution >= 4 is 25.8 Å². The van der Waals surface area contributed by atoms with Gasteiger partial charge in [0.1, 0.15) is 17.5 Å². The van der Waals surface area contributed by atoms with Gasteiger partial charge in [-0.15, -0.1) is 0 Å². The minimum absolute atomic E-state index is 0.0412. The molecule has 0 radical (unpaired) electrons. The summed E-state index contributed by atoms with van der Waals surface area (Å²) in [6.07, 6.45) is -4.26. The summed E-state index contributed by atoms with van der Waals surface area (Å²) in [5, 5.41) is 14.4. The molecular formula is C39H57N2O13P. The molecule has 1 unspecified atom stereocenters. The Labute approximate surface area is 323 Å². The molecule has 2 aromatic carbocycles. The number of nitrogens with zero attached hydrogens (tertiary/aromatic N) is 1. The molecule has 7 atom stereocenters. The Balaban J connectivity index is 1.47. The highest BCUT2D eigenvalue weighted by Gasteiger charge is 2.44. The fourth-order valence-electron chi connectivity index (χ4n) is 6.02. The maximum absolute atomic E-state index is 13.8. The second kappa shape index (κ2) is 20.4. The van der Waals surface area contributed by atoms with Gasteiger partial charge in [-0.2, -0.15) is 0 Å². The minimum atomic E-state index is -3.99. The number of alkyl carbamates (subject to hydrolysis) is 1. The Kier molecular flexibility index (Phi) is 16.4. The number of carbonyl (C=O) groups excluding carboxylic acids is 3. The Hall–Kier alpha value is -3.72. The van der Waals surface area contributed by atoms with E-state index in [9.17, 15) is 24.1 Å². The summed E-state index contributed by atoms with van der Waals surface area (Å²) in [5.74, 6) is -0.360. The molecule has 2 heterocycles. The van der Waals surface area contributed by atoms with Gasteiger partial charge in [0.15, 0.2) is 18.7 Å². The average molecular weight is 793 g/mol. The lowest BCUT2D eigenvalue weighted by molar-refractivity contribution is -0.151. The van der Waals surface area contributed by atoms with E-state index in [1.165, 1.54) is 11.8 Å². The molecular weight excluding hydrogens is 735 g/mol. The molecule has 4 rings (SSSR count). The van der Waals surface area contributed by atoms with E-state index in [0.717, 1.165) is 5.56 Å². The number of esters is 1. The molecule has 2 N–H and O–H groups in total. The normalized spacial score (nSPS) is 20.8. The Morgan fingerprint density at radius 3 is 2.36 bits per heavy atom. The van der Waals surface area contributed by atoms with Crippen molar-refractivity contribution in [2.45, 2.75) is 104 Å². The largest absolute Gasteiger partial charge is 0.481 e. The highest BCUT2D eigenvalue weighted by molar-refractivity contribution is 7.53. The molecule has 2 aliphatic rings. The number of nitrogens with one attached hydrogen (secondary N) is 1. The van der Waals surface area contributed by atoms with Gasteiger partial charge in [0.2, 0.25) is 0 Å². The third-order valence-corrected chi connectivity index (χ3v) is 10.2. The van der Waals surface area contributed by atoms with Crippen LogP contribution in [0.25, 0.3) is 0 Å². The van der Waals surface area contributed by atoms with Crippen molar-refractivity contribution in [2.75, 3.05) is 39.3 Å². The van der Waals surface area contributed by atoms with Crippen molar-refractivity contribution in [2.24, 2.45) is 11.8 Å². The summed E-state index contributed by atoms with van der Waals surface area (Å²) in [6.45, 7) is 13.3. The fraction of sp³-hybridized carbons (Fsp3) is 0.615. The summed E-state index contributed by atoms with van der Waals surface area (Å²) >= 11 is 0. The fourth-order valence-corrected chi connectivity index (χ4v) is 7.43. The molecule has 15 nitrogen and oxygen atoms in total. The van der Waals surface area contributed by atoms with Crippen LogP contribution in [0.3, 0.4) is 0 Å². The quantitative estimate of drug-likeness (QED) is 0.0955. The lowest BCUT2D eigenvalue weighted by Crippen LogP contribution is -2.52. The number of hydrogen-bond acceptors (Lipinski definition) is 13. The number of benzene rings is 2. The van der Waals surface area contributed by atoms with Crippen molar-refractivity contribution in [3.8, 4) is 5.75 Å². The molecule has 0 saturated carbocycles. The predicted octanol–water partition coefficient (Wildman–Crippen LogP) is 6.05. The van der Waals surface area contributed by atoms with Gasteiger partial charge in [0.05, 0.1) is 51.0 Å². The summed E-state index contributed by atoms with van der Waals surface area (Å²) in [5.41, 5.74) is 0.703. The van der Waals surface area contributed by atoms with Gasteiger partial charge in [-0.1, -0.05) is 56.3 Å². The van der Waals surface area contributed by atoms with Crippen LogP contribution in [-0.4, -0.2) is 104 Å². The van der Waals surface area contributed by atoms with Crippen LogP contribution in [0, 0.1) is 11.8 Å². The predicted molar refractivity (Wildman–Crippen MR) is 201 cm³/mol. The Morgan fingerprint density at radius 1 is 1.00 bits per heavy atom. The van der Waals surface area contributed by atoms with Crippen LogP contribution in [0.1, 0.15) is 66.0 Å². The molecule has 2 aromatic rings. The zero-order chi connectivity index (χ0) is 40.2.